The van der Waals surface area contributed by atoms with E-state index in [-0.39, 0.29) is 5.54 Å². The van der Waals surface area contributed by atoms with Crippen LogP contribution in [0.3, 0.4) is 0 Å². The van der Waals surface area contributed by atoms with Crippen molar-refractivity contribution < 1.29 is 14.3 Å². The number of nitrogens with zero attached hydrogens (tertiary/aromatic N) is 3. The standard InChI is InChI=1S/C25H25ClN4O3/c1-5-32-24(31)16-7-6-8-17(11-16)33-20-10-9-15(12-19(20)26)18-13-30(25(2,3)4)23-21(18)22(27)28-14-29-23/h6-14H,5H2,1-4H3,(H2,27,28,29). The second-order valence-electron chi connectivity index (χ2n) is 8.54. The number of ether oxygens (including phenoxy) is 2. The fraction of sp³-hybridized carbons (Fsp3) is 0.240. The molecule has 2 heterocycles. The van der Waals surface area contributed by atoms with Crippen molar-refractivity contribution in [3.05, 3.63) is 65.6 Å². The molecule has 170 valence electrons. The second kappa shape index (κ2) is 8.75. The van der Waals surface area contributed by atoms with Gasteiger partial charge in [0.25, 0.3) is 0 Å². The molecule has 0 unspecified atom stereocenters. The number of carbonyl (C=O) groups excluding carboxylic acids is 1. The maximum Gasteiger partial charge on any atom is 0.338 e. The predicted octanol–water partition coefficient (Wildman–Crippen LogP) is 6.06. The van der Waals surface area contributed by atoms with E-state index in [2.05, 4.69) is 35.3 Å². The molecule has 2 aromatic heterocycles. The maximum absolute atomic E-state index is 12.0. The normalized spacial score (nSPS) is 11.5. The first-order chi connectivity index (χ1) is 15.7. The minimum atomic E-state index is -0.403. The van der Waals surface area contributed by atoms with Gasteiger partial charge in [-0.1, -0.05) is 23.7 Å². The molecule has 0 bridgehead atoms. The number of hydrogen-bond acceptors (Lipinski definition) is 6. The molecule has 0 atom stereocenters. The summed E-state index contributed by atoms with van der Waals surface area (Å²) >= 11 is 6.58. The van der Waals surface area contributed by atoms with Crippen LogP contribution in [0.4, 0.5) is 5.82 Å². The van der Waals surface area contributed by atoms with Crippen molar-refractivity contribution in [1.29, 1.82) is 0 Å². The fourth-order valence-electron chi connectivity index (χ4n) is 3.59. The molecule has 33 heavy (non-hydrogen) atoms. The van der Waals surface area contributed by atoms with Crippen LogP contribution in [0.2, 0.25) is 5.02 Å². The Morgan fingerprint density at radius 1 is 1.15 bits per heavy atom. The first-order valence-electron chi connectivity index (χ1n) is 10.6. The van der Waals surface area contributed by atoms with Crippen LogP contribution in [0, 0.1) is 0 Å². The van der Waals surface area contributed by atoms with Crippen LogP contribution >= 0.6 is 11.6 Å². The lowest BCUT2D eigenvalue weighted by molar-refractivity contribution is 0.0526. The lowest BCUT2D eigenvalue weighted by Crippen LogP contribution is -2.21. The number of halogens is 1. The highest BCUT2D eigenvalue weighted by atomic mass is 35.5. The molecule has 0 saturated carbocycles. The maximum atomic E-state index is 12.0. The molecule has 4 aromatic rings. The van der Waals surface area contributed by atoms with E-state index in [9.17, 15) is 4.79 Å². The van der Waals surface area contributed by atoms with Crippen molar-refractivity contribution in [2.45, 2.75) is 33.2 Å². The summed E-state index contributed by atoms with van der Waals surface area (Å²) < 4.78 is 13.1. The van der Waals surface area contributed by atoms with Crippen LogP contribution in [-0.4, -0.2) is 27.1 Å². The molecule has 0 radical (unpaired) electrons. The highest BCUT2D eigenvalue weighted by molar-refractivity contribution is 6.32. The number of carbonyl (C=O) groups is 1. The Bertz CT molecular complexity index is 1340. The largest absolute Gasteiger partial charge is 0.462 e. The number of aromatic nitrogens is 3. The van der Waals surface area contributed by atoms with Gasteiger partial charge in [-0.25, -0.2) is 14.8 Å². The van der Waals surface area contributed by atoms with E-state index in [1.54, 1.807) is 37.3 Å². The molecule has 0 saturated heterocycles. The van der Waals surface area contributed by atoms with E-state index in [0.29, 0.717) is 34.5 Å². The number of esters is 1. The van der Waals surface area contributed by atoms with E-state index in [0.717, 1.165) is 22.2 Å². The molecule has 2 N–H and O–H groups in total. The molecule has 0 aliphatic heterocycles. The van der Waals surface area contributed by atoms with Gasteiger partial charge in [0.15, 0.2) is 0 Å². The van der Waals surface area contributed by atoms with Crippen LogP contribution in [0.5, 0.6) is 11.5 Å². The van der Waals surface area contributed by atoms with Crippen LogP contribution in [0.15, 0.2) is 55.0 Å². The zero-order valence-corrected chi connectivity index (χ0v) is 19.7. The summed E-state index contributed by atoms with van der Waals surface area (Å²) in [5.41, 5.74) is 8.94. The smallest absolute Gasteiger partial charge is 0.338 e. The summed E-state index contributed by atoms with van der Waals surface area (Å²) in [5, 5.41) is 1.19. The van der Waals surface area contributed by atoms with Gasteiger partial charge in [0.05, 0.1) is 22.6 Å². The minimum Gasteiger partial charge on any atom is -0.462 e. The van der Waals surface area contributed by atoms with Crippen LogP contribution in [0.1, 0.15) is 38.1 Å². The molecule has 0 aliphatic rings. The van der Waals surface area contributed by atoms with Crippen LogP contribution in [0.25, 0.3) is 22.2 Å². The van der Waals surface area contributed by atoms with Gasteiger partial charge in [-0.3, -0.25) is 0 Å². The SMILES string of the molecule is CCOC(=O)c1cccc(Oc2ccc(-c3cn(C(C)(C)C)c4ncnc(N)c34)cc2Cl)c1. The van der Waals surface area contributed by atoms with Crippen LogP contribution < -0.4 is 10.5 Å². The zero-order chi connectivity index (χ0) is 23.8. The first-order valence-corrected chi connectivity index (χ1v) is 10.9. The predicted molar refractivity (Wildman–Crippen MR) is 130 cm³/mol. The number of hydrogen-bond donors (Lipinski definition) is 1. The van der Waals surface area contributed by atoms with Crippen molar-refractivity contribution in [2.75, 3.05) is 12.3 Å². The third kappa shape index (κ3) is 4.50. The molecule has 0 amide bonds. The van der Waals surface area contributed by atoms with Gasteiger partial charge in [0.2, 0.25) is 0 Å². The zero-order valence-electron chi connectivity index (χ0n) is 18.9. The van der Waals surface area contributed by atoms with Crippen molar-refractivity contribution in [3.63, 3.8) is 0 Å². The number of fused-ring (bicyclic) bond motifs is 1. The Labute approximate surface area is 197 Å². The molecule has 0 aliphatic carbocycles. The summed E-state index contributed by atoms with van der Waals surface area (Å²) in [4.78, 5) is 20.6. The Balaban J connectivity index is 1.70. The average molecular weight is 465 g/mol. The van der Waals surface area contributed by atoms with Gasteiger partial charge in [-0.05, 0) is 63.6 Å². The third-order valence-electron chi connectivity index (χ3n) is 5.15. The van der Waals surface area contributed by atoms with Gasteiger partial charge in [0, 0.05) is 17.3 Å². The summed E-state index contributed by atoms with van der Waals surface area (Å²) in [6.07, 6.45) is 3.49. The number of rotatable bonds is 5. The van der Waals surface area contributed by atoms with Crippen molar-refractivity contribution in [1.82, 2.24) is 14.5 Å². The summed E-state index contributed by atoms with van der Waals surface area (Å²) in [7, 11) is 0. The van der Waals surface area contributed by atoms with Gasteiger partial charge < -0.3 is 19.8 Å². The van der Waals surface area contributed by atoms with Crippen molar-refractivity contribution in [3.8, 4) is 22.6 Å². The van der Waals surface area contributed by atoms with E-state index in [1.807, 2.05) is 18.3 Å². The number of nitrogens with two attached hydrogens (primary N) is 1. The lowest BCUT2D eigenvalue weighted by atomic mass is 10.1. The summed E-state index contributed by atoms with van der Waals surface area (Å²) in [6, 6.07) is 12.3. The van der Waals surface area contributed by atoms with Crippen LogP contribution in [-0.2, 0) is 10.3 Å². The van der Waals surface area contributed by atoms with Crippen molar-refractivity contribution in [2.24, 2.45) is 0 Å². The fourth-order valence-corrected chi connectivity index (χ4v) is 3.81. The van der Waals surface area contributed by atoms with Gasteiger partial charge in [0.1, 0.15) is 29.3 Å². The Morgan fingerprint density at radius 3 is 2.64 bits per heavy atom. The van der Waals surface area contributed by atoms with Gasteiger partial charge in [-0.2, -0.15) is 0 Å². The lowest BCUT2D eigenvalue weighted by Gasteiger charge is -2.21. The minimum absolute atomic E-state index is 0.200. The molecule has 7 nitrogen and oxygen atoms in total. The van der Waals surface area contributed by atoms with Gasteiger partial charge in [-0.15, -0.1) is 0 Å². The van der Waals surface area contributed by atoms with Crippen molar-refractivity contribution >= 4 is 34.4 Å². The summed E-state index contributed by atoms with van der Waals surface area (Å²) in [5.74, 6) is 0.951. The molecular weight excluding hydrogens is 440 g/mol. The topological polar surface area (TPSA) is 92.3 Å². The average Bonchev–Trinajstić information content (AvgIpc) is 3.17. The van der Waals surface area contributed by atoms with E-state index in [4.69, 9.17) is 26.8 Å². The third-order valence-corrected chi connectivity index (χ3v) is 5.45. The van der Waals surface area contributed by atoms with E-state index >= 15 is 0 Å². The highest BCUT2D eigenvalue weighted by Crippen LogP contribution is 2.39. The number of benzene rings is 2. The molecule has 0 fully saturated rings. The van der Waals surface area contributed by atoms with E-state index < -0.39 is 5.97 Å². The van der Waals surface area contributed by atoms with Gasteiger partial charge >= 0.3 is 5.97 Å². The quantitative estimate of drug-likeness (QED) is 0.361. The number of anilines is 1. The Kier molecular flexibility index (Phi) is 5.99. The summed E-state index contributed by atoms with van der Waals surface area (Å²) in [6.45, 7) is 8.37. The molecule has 2 aromatic carbocycles. The Hall–Kier alpha value is -3.58. The molecular formula is C25H25ClN4O3. The van der Waals surface area contributed by atoms with E-state index in [1.165, 1.54) is 6.33 Å². The molecule has 8 heteroatoms. The Morgan fingerprint density at radius 2 is 1.94 bits per heavy atom. The second-order valence-corrected chi connectivity index (χ2v) is 8.94. The molecule has 4 rings (SSSR count). The number of nitrogen functional groups attached to an aromatic ring is 1. The highest BCUT2D eigenvalue weighted by Gasteiger charge is 2.22. The molecule has 0 spiro atoms. The monoisotopic (exact) mass is 464 g/mol. The first kappa shape index (κ1) is 22.6.